The summed E-state index contributed by atoms with van der Waals surface area (Å²) in [6, 6.07) is 0. The van der Waals surface area contributed by atoms with Gasteiger partial charge in [0.25, 0.3) is 0 Å². The Morgan fingerprint density at radius 2 is 1.94 bits per heavy atom. The van der Waals surface area contributed by atoms with Crippen LogP contribution in [0.5, 0.6) is 0 Å². The molecule has 0 amide bonds. The molecule has 0 heterocycles. The number of hydrogen-bond donors (Lipinski definition) is 3. The molecular weight excluding hydrogens is 440 g/mol. The van der Waals surface area contributed by atoms with Crippen LogP contribution in [0.1, 0.15) is 86.0 Å². The average molecular weight is 489 g/mol. The Morgan fingerprint density at radius 1 is 1.23 bits per heavy atom. The van der Waals surface area contributed by atoms with Gasteiger partial charge >= 0.3 is 5.97 Å². The van der Waals surface area contributed by atoms with Crippen molar-refractivity contribution >= 4 is 5.97 Å². The molecule has 0 radical (unpaired) electrons. The summed E-state index contributed by atoms with van der Waals surface area (Å²) < 4.78 is 5.76. The number of carbonyl (C=O) groups excluding carboxylic acids is 1. The molecule has 3 saturated carbocycles. The summed E-state index contributed by atoms with van der Waals surface area (Å²) in [7, 11) is 0. The summed E-state index contributed by atoms with van der Waals surface area (Å²) in [4.78, 5) is 12.0. The van der Waals surface area contributed by atoms with E-state index in [1.165, 1.54) is 12.5 Å². The van der Waals surface area contributed by atoms with Crippen molar-refractivity contribution in [3.63, 3.8) is 0 Å². The highest BCUT2D eigenvalue weighted by Gasteiger charge is 2.65. The van der Waals surface area contributed by atoms with Crippen LogP contribution >= 0.6 is 0 Å². The van der Waals surface area contributed by atoms with Crippen molar-refractivity contribution in [1.29, 1.82) is 0 Å². The fourth-order valence-corrected chi connectivity index (χ4v) is 8.91. The highest BCUT2D eigenvalue weighted by molar-refractivity contribution is 5.66. The van der Waals surface area contributed by atoms with Gasteiger partial charge in [0.1, 0.15) is 0 Å². The van der Waals surface area contributed by atoms with Crippen LogP contribution < -0.4 is 0 Å². The zero-order valence-corrected chi connectivity index (χ0v) is 22.5. The van der Waals surface area contributed by atoms with Crippen LogP contribution in [0, 0.1) is 46.3 Å². The number of aliphatic hydroxyl groups is 3. The number of rotatable bonds is 7. The predicted octanol–water partition coefficient (Wildman–Crippen LogP) is 5.04. The molecule has 0 aliphatic heterocycles. The fraction of sp³-hybridized carbons (Fsp3) is 0.833. The molecule has 0 bridgehead atoms. The van der Waals surface area contributed by atoms with E-state index in [2.05, 4.69) is 40.3 Å². The van der Waals surface area contributed by atoms with Gasteiger partial charge in [0.15, 0.2) is 0 Å². The van der Waals surface area contributed by atoms with E-state index in [-0.39, 0.29) is 23.2 Å². The lowest BCUT2D eigenvalue weighted by atomic mass is 9.45. The van der Waals surface area contributed by atoms with Gasteiger partial charge in [0.2, 0.25) is 0 Å². The van der Waals surface area contributed by atoms with E-state index in [0.29, 0.717) is 49.5 Å². The number of fused-ring (bicyclic) bond motifs is 5. The van der Waals surface area contributed by atoms with Crippen LogP contribution in [0.4, 0.5) is 0 Å². The molecule has 3 unspecified atom stereocenters. The summed E-state index contributed by atoms with van der Waals surface area (Å²) in [5.41, 5.74) is 1.67. The molecule has 0 saturated heterocycles. The molecule has 0 aromatic rings. The Balaban J connectivity index is 1.65. The third kappa shape index (κ3) is 4.55. The van der Waals surface area contributed by atoms with Crippen molar-refractivity contribution in [2.45, 2.75) is 104 Å². The van der Waals surface area contributed by atoms with E-state index in [9.17, 15) is 20.1 Å². The molecule has 0 spiro atoms. The Kier molecular flexibility index (Phi) is 7.64. The zero-order valence-electron chi connectivity index (χ0n) is 22.5. The number of ether oxygens (including phenoxy) is 1. The smallest absolute Gasteiger partial charge is 0.302 e. The normalized spacial score (nSPS) is 43.6. The second kappa shape index (κ2) is 9.95. The minimum absolute atomic E-state index is 0.0322. The van der Waals surface area contributed by atoms with Crippen LogP contribution in [-0.2, 0) is 9.53 Å². The second-order valence-corrected chi connectivity index (χ2v) is 13.0. The summed E-state index contributed by atoms with van der Waals surface area (Å²) in [5.74, 6) is 1.63. The first kappa shape index (κ1) is 26.9. The van der Waals surface area contributed by atoms with Crippen LogP contribution in [0.3, 0.4) is 0 Å². The van der Waals surface area contributed by atoms with E-state index in [4.69, 9.17) is 4.74 Å². The first-order valence-electron chi connectivity index (χ1n) is 14.0. The van der Waals surface area contributed by atoms with E-state index < -0.39 is 23.7 Å². The quantitative estimate of drug-likeness (QED) is 0.345. The molecule has 0 aromatic heterocycles. The highest BCUT2D eigenvalue weighted by Crippen LogP contribution is 2.67. The number of aliphatic hydroxyl groups excluding tert-OH is 3. The van der Waals surface area contributed by atoms with E-state index in [1.807, 2.05) is 0 Å². The average Bonchev–Trinajstić information content (AvgIpc) is 3.16. The Labute approximate surface area is 212 Å². The standard InChI is InChI=1S/C30H48O5/c1-17(2)18(3)7-8-19(4)24-11-12-25-23-10-9-21-13-22(32)14-27(34)29(21,6)28(23)26(33)15-30(24,25)16-35-20(5)31/h9,17,19,22-28,32-34H,3,7-8,10-16H2,1-2,4-6H3/t19-,22-,23?,24-,25?,26-,27+,28?,29-,30+/m1/s1. The SMILES string of the molecule is C=C(CC[C@@H](C)[C@H]1CCC2C3CC=C4C[C@@H](O)C[C@H](O)[C@]4(C)C3[C@H](O)C[C@@]21COC(C)=O)C(C)C. The van der Waals surface area contributed by atoms with Gasteiger partial charge < -0.3 is 20.1 Å². The van der Waals surface area contributed by atoms with Crippen molar-refractivity contribution in [2.75, 3.05) is 6.61 Å². The van der Waals surface area contributed by atoms with Gasteiger partial charge in [-0.2, -0.15) is 0 Å². The summed E-state index contributed by atoms with van der Waals surface area (Å²) in [5, 5.41) is 33.3. The predicted molar refractivity (Wildman–Crippen MR) is 137 cm³/mol. The minimum atomic E-state index is -0.654. The van der Waals surface area contributed by atoms with Crippen LogP contribution in [0.2, 0.25) is 0 Å². The fourth-order valence-electron chi connectivity index (χ4n) is 8.91. The molecule has 5 nitrogen and oxygen atoms in total. The van der Waals surface area contributed by atoms with Gasteiger partial charge in [0, 0.05) is 24.2 Å². The first-order chi connectivity index (χ1) is 16.4. The summed E-state index contributed by atoms with van der Waals surface area (Å²) in [6.07, 6.45) is 7.21. The molecule has 3 fully saturated rings. The maximum atomic E-state index is 12.0. The number of carbonyl (C=O) groups is 1. The molecule has 198 valence electrons. The number of hydrogen-bond acceptors (Lipinski definition) is 5. The summed E-state index contributed by atoms with van der Waals surface area (Å²) >= 11 is 0. The Hall–Kier alpha value is -1.17. The Bertz CT molecular complexity index is 848. The second-order valence-electron chi connectivity index (χ2n) is 13.0. The first-order valence-corrected chi connectivity index (χ1v) is 14.0. The van der Waals surface area contributed by atoms with Crippen LogP contribution in [0.25, 0.3) is 0 Å². The number of esters is 1. The molecule has 35 heavy (non-hydrogen) atoms. The molecular formula is C30H48O5. The molecule has 4 rings (SSSR count). The van der Waals surface area contributed by atoms with Gasteiger partial charge in [0.05, 0.1) is 24.9 Å². The molecule has 4 aliphatic carbocycles. The third-order valence-corrected chi connectivity index (χ3v) is 10.9. The van der Waals surface area contributed by atoms with Gasteiger partial charge in [-0.3, -0.25) is 4.79 Å². The van der Waals surface area contributed by atoms with Crippen molar-refractivity contribution in [3.05, 3.63) is 23.8 Å². The van der Waals surface area contributed by atoms with E-state index in [0.717, 1.165) is 37.7 Å². The third-order valence-electron chi connectivity index (χ3n) is 10.9. The van der Waals surface area contributed by atoms with Gasteiger partial charge in [-0.1, -0.05) is 51.5 Å². The lowest BCUT2D eigenvalue weighted by Crippen LogP contribution is -2.61. The zero-order chi connectivity index (χ0) is 25.7. The maximum absolute atomic E-state index is 12.0. The monoisotopic (exact) mass is 488 g/mol. The highest BCUT2D eigenvalue weighted by atomic mass is 16.5. The van der Waals surface area contributed by atoms with Crippen molar-refractivity contribution in [1.82, 2.24) is 0 Å². The van der Waals surface area contributed by atoms with Crippen molar-refractivity contribution < 1.29 is 24.9 Å². The van der Waals surface area contributed by atoms with Gasteiger partial charge in [-0.15, -0.1) is 0 Å². The van der Waals surface area contributed by atoms with Gasteiger partial charge in [-0.05, 0) is 80.5 Å². The van der Waals surface area contributed by atoms with E-state index >= 15 is 0 Å². The van der Waals surface area contributed by atoms with Crippen LogP contribution in [0.15, 0.2) is 23.8 Å². The van der Waals surface area contributed by atoms with Gasteiger partial charge in [-0.25, -0.2) is 0 Å². The lowest BCUT2D eigenvalue weighted by molar-refractivity contribution is -0.182. The largest absolute Gasteiger partial charge is 0.465 e. The summed E-state index contributed by atoms with van der Waals surface area (Å²) in [6.45, 7) is 15.0. The minimum Gasteiger partial charge on any atom is -0.465 e. The topological polar surface area (TPSA) is 87.0 Å². The maximum Gasteiger partial charge on any atom is 0.302 e. The Morgan fingerprint density at radius 3 is 2.60 bits per heavy atom. The van der Waals surface area contributed by atoms with Crippen molar-refractivity contribution in [2.24, 2.45) is 46.3 Å². The van der Waals surface area contributed by atoms with E-state index in [1.54, 1.807) is 0 Å². The van der Waals surface area contributed by atoms with Crippen LogP contribution in [-0.4, -0.2) is 46.2 Å². The molecule has 4 aliphatic rings. The molecule has 3 N–H and O–H groups in total. The molecule has 5 heteroatoms. The van der Waals surface area contributed by atoms with Crippen molar-refractivity contribution in [3.8, 4) is 0 Å². The number of allylic oxidation sites excluding steroid dienone is 2. The molecule has 0 aromatic carbocycles. The lowest BCUT2D eigenvalue weighted by Gasteiger charge is -2.61. The molecule has 10 atom stereocenters.